The molecular weight excluding hydrogens is 269 g/mol. The quantitative estimate of drug-likeness (QED) is 0.876. The minimum atomic E-state index is -4.47. The number of anilines is 1. The number of hydrogen-bond donors (Lipinski definition) is 2. The number of amides is 1. The molecule has 1 unspecified atom stereocenters. The van der Waals surface area contributed by atoms with Gasteiger partial charge in [0.15, 0.2) is 0 Å². The lowest BCUT2D eigenvalue weighted by molar-refractivity contribution is -0.137. The second kappa shape index (κ2) is 6.26. The van der Waals surface area contributed by atoms with E-state index >= 15 is 0 Å². The molecule has 2 N–H and O–H groups in total. The molecule has 2 rings (SSSR count). The van der Waals surface area contributed by atoms with E-state index in [9.17, 15) is 18.0 Å². The van der Waals surface area contributed by atoms with E-state index in [0.29, 0.717) is 6.42 Å². The van der Waals surface area contributed by atoms with Crippen molar-refractivity contribution in [1.82, 2.24) is 5.32 Å². The Morgan fingerprint density at radius 1 is 1.20 bits per heavy atom. The van der Waals surface area contributed by atoms with Crippen molar-refractivity contribution in [2.24, 2.45) is 0 Å². The number of halogens is 3. The van der Waals surface area contributed by atoms with Crippen LogP contribution < -0.4 is 10.6 Å². The average molecular weight is 286 g/mol. The van der Waals surface area contributed by atoms with Crippen molar-refractivity contribution in [1.29, 1.82) is 0 Å². The number of alkyl halides is 3. The molecule has 0 aliphatic carbocycles. The highest BCUT2D eigenvalue weighted by molar-refractivity contribution is 5.95. The van der Waals surface area contributed by atoms with Crippen molar-refractivity contribution in [3.63, 3.8) is 0 Å². The molecule has 1 aliphatic rings. The van der Waals surface area contributed by atoms with Crippen LogP contribution in [0.3, 0.4) is 0 Å². The van der Waals surface area contributed by atoms with Crippen LogP contribution in [0.25, 0.3) is 0 Å². The molecule has 1 heterocycles. The van der Waals surface area contributed by atoms with Gasteiger partial charge in [0.1, 0.15) is 0 Å². The second-order valence-corrected chi connectivity index (χ2v) is 4.89. The van der Waals surface area contributed by atoms with Gasteiger partial charge in [0.05, 0.1) is 17.3 Å². The summed E-state index contributed by atoms with van der Waals surface area (Å²) in [5.74, 6) is -0.399. The Labute approximate surface area is 115 Å². The van der Waals surface area contributed by atoms with Gasteiger partial charge in [0.25, 0.3) is 0 Å². The minimum absolute atomic E-state index is 0.184. The molecule has 6 heteroatoms. The normalized spacial score (nSPS) is 20.2. The van der Waals surface area contributed by atoms with Crippen LogP contribution in [-0.2, 0) is 11.0 Å². The Kier molecular flexibility index (Phi) is 4.65. The zero-order valence-electron chi connectivity index (χ0n) is 11.0. The van der Waals surface area contributed by atoms with Crippen LogP contribution in [0.5, 0.6) is 0 Å². The van der Waals surface area contributed by atoms with E-state index in [1.165, 1.54) is 18.2 Å². The van der Waals surface area contributed by atoms with Crippen LogP contribution >= 0.6 is 0 Å². The fraction of sp³-hybridized carbons (Fsp3) is 0.500. The Bertz CT molecular complexity index is 466. The van der Waals surface area contributed by atoms with Crippen LogP contribution in [-0.4, -0.2) is 18.5 Å². The van der Waals surface area contributed by atoms with E-state index < -0.39 is 23.7 Å². The summed E-state index contributed by atoms with van der Waals surface area (Å²) in [6, 6.07) is 4.61. The maximum Gasteiger partial charge on any atom is 0.418 e. The molecule has 1 aromatic rings. The summed E-state index contributed by atoms with van der Waals surface area (Å²) >= 11 is 0. The third kappa shape index (κ3) is 3.72. The van der Waals surface area contributed by atoms with Crippen LogP contribution in [0.2, 0.25) is 0 Å². The minimum Gasteiger partial charge on any atom is -0.324 e. The molecule has 1 atom stereocenters. The van der Waals surface area contributed by atoms with E-state index in [1.54, 1.807) is 0 Å². The zero-order chi connectivity index (χ0) is 14.6. The van der Waals surface area contributed by atoms with Gasteiger partial charge in [0.2, 0.25) is 5.91 Å². The summed E-state index contributed by atoms with van der Waals surface area (Å²) in [6.07, 6.45) is -0.883. The summed E-state index contributed by atoms with van der Waals surface area (Å²) in [4.78, 5) is 12.1. The first-order valence-electron chi connectivity index (χ1n) is 6.69. The smallest absolute Gasteiger partial charge is 0.324 e. The number of carbonyl (C=O) groups is 1. The number of para-hydroxylation sites is 1. The van der Waals surface area contributed by atoms with Gasteiger partial charge in [-0.3, -0.25) is 4.79 Å². The fourth-order valence-corrected chi connectivity index (χ4v) is 2.31. The van der Waals surface area contributed by atoms with E-state index in [4.69, 9.17) is 0 Å². The molecule has 20 heavy (non-hydrogen) atoms. The molecule has 0 aromatic heterocycles. The first-order valence-corrected chi connectivity index (χ1v) is 6.69. The van der Waals surface area contributed by atoms with Gasteiger partial charge in [-0.2, -0.15) is 13.2 Å². The lowest BCUT2D eigenvalue weighted by Crippen LogP contribution is -2.40. The Morgan fingerprint density at radius 3 is 2.70 bits per heavy atom. The van der Waals surface area contributed by atoms with Gasteiger partial charge in [-0.1, -0.05) is 25.0 Å². The number of rotatable bonds is 2. The molecule has 1 saturated heterocycles. The molecule has 0 bridgehead atoms. The first-order chi connectivity index (χ1) is 9.48. The first kappa shape index (κ1) is 14.8. The summed E-state index contributed by atoms with van der Waals surface area (Å²) in [5.41, 5.74) is -1.00. The largest absolute Gasteiger partial charge is 0.418 e. The average Bonchev–Trinajstić information content (AvgIpc) is 2.67. The highest BCUT2D eigenvalue weighted by Gasteiger charge is 2.34. The highest BCUT2D eigenvalue weighted by atomic mass is 19.4. The molecular formula is C14H17F3N2O. The SMILES string of the molecule is O=C(Nc1ccccc1C(F)(F)F)C1CCCCCN1. The van der Waals surface area contributed by atoms with Crippen LogP contribution in [0.4, 0.5) is 18.9 Å². The van der Waals surface area contributed by atoms with E-state index in [2.05, 4.69) is 10.6 Å². The Morgan fingerprint density at radius 2 is 1.95 bits per heavy atom. The van der Waals surface area contributed by atoms with E-state index in [1.807, 2.05) is 0 Å². The third-order valence-corrected chi connectivity index (χ3v) is 3.37. The number of nitrogens with one attached hydrogen (secondary N) is 2. The Hall–Kier alpha value is -1.56. The predicted octanol–water partition coefficient (Wildman–Crippen LogP) is 3.18. The van der Waals surface area contributed by atoms with Crippen molar-refractivity contribution in [2.75, 3.05) is 11.9 Å². The summed E-state index contributed by atoms with van der Waals surface area (Å²) < 4.78 is 38.5. The van der Waals surface area contributed by atoms with Crippen LogP contribution in [0, 0.1) is 0 Å². The molecule has 1 fully saturated rings. The van der Waals surface area contributed by atoms with Crippen molar-refractivity contribution < 1.29 is 18.0 Å². The fourth-order valence-electron chi connectivity index (χ4n) is 2.31. The Balaban J connectivity index is 2.11. The molecule has 110 valence electrons. The summed E-state index contributed by atoms with van der Waals surface area (Å²) in [6.45, 7) is 0.721. The van der Waals surface area contributed by atoms with Gasteiger partial charge >= 0.3 is 6.18 Å². The van der Waals surface area contributed by atoms with Crippen molar-refractivity contribution in [3.8, 4) is 0 Å². The van der Waals surface area contributed by atoms with Crippen molar-refractivity contribution >= 4 is 11.6 Å². The van der Waals surface area contributed by atoms with Crippen LogP contribution in [0.1, 0.15) is 31.2 Å². The highest BCUT2D eigenvalue weighted by Crippen LogP contribution is 2.34. The van der Waals surface area contributed by atoms with Gasteiger partial charge in [0, 0.05) is 0 Å². The number of benzene rings is 1. The molecule has 1 aliphatic heterocycles. The molecule has 1 aromatic carbocycles. The van der Waals surface area contributed by atoms with E-state index in [-0.39, 0.29) is 5.69 Å². The topological polar surface area (TPSA) is 41.1 Å². The monoisotopic (exact) mass is 286 g/mol. The summed E-state index contributed by atoms with van der Waals surface area (Å²) in [7, 11) is 0. The van der Waals surface area contributed by atoms with Gasteiger partial charge in [-0.25, -0.2) is 0 Å². The lowest BCUT2D eigenvalue weighted by Gasteiger charge is -2.18. The van der Waals surface area contributed by atoms with Crippen molar-refractivity contribution in [3.05, 3.63) is 29.8 Å². The molecule has 0 radical (unpaired) electrons. The van der Waals surface area contributed by atoms with E-state index in [0.717, 1.165) is 31.9 Å². The molecule has 0 spiro atoms. The van der Waals surface area contributed by atoms with Gasteiger partial charge in [-0.05, 0) is 31.5 Å². The molecule has 1 amide bonds. The maximum atomic E-state index is 12.8. The van der Waals surface area contributed by atoms with Gasteiger partial charge in [-0.15, -0.1) is 0 Å². The third-order valence-electron chi connectivity index (χ3n) is 3.37. The van der Waals surface area contributed by atoms with Gasteiger partial charge < -0.3 is 10.6 Å². The van der Waals surface area contributed by atoms with Crippen LogP contribution in [0.15, 0.2) is 24.3 Å². The second-order valence-electron chi connectivity index (χ2n) is 4.89. The predicted molar refractivity (Wildman–Crippen MR) is 70.3 cm³/mol. The standard InChI is InChI=1S/C14H17F3N2O/c15-14(16,17)10-6-3-4-7-11(10)19-13(20)12-8-2-1-5-9-18-12/h3-4,6-7,12,18H,1-2,5,8-9H2,(H,19,20). The summed E-state index contributed by atoms with van der Waals surface area (Å²) in [5, 5.41) is 5.46. The maximum absolute atomic E-state index is 12.8. The number of hydrogen-bond acceptors (Lipinski definition) is 2. The molecule has 0 saturated carbocycles. The lowest BCUT2D eigenvalue weighted by atomic mass is 10.1. The number of carbonyl (C=O) groups excluding carboxylic acids is 1. The zero-order valence-corrected chi connectivity index (χ0v) is 11.0. The van der Waals surface area contributed by atoms with Crippen molar-refractivity contribution in [2.45, 2.75) is 37.9 Å². The molecule has 3 nitrogen and oxygen atoms in total.